The number of carbonyl (C=O) groups excluding carboxylic acids is 3. The number of aromatic nitrogens is 1. The molecule has 5 heterocycles. The standard InChI is InChI=1S/C56H50N8O8.Zn/c57-25-29-69-53(65)37-9-1-33(2-10-37)49-41-17-19-43(61-41)50(34-3-11-38(12-4-34)54(66)70-30-26-58)45-21-23-47(63-45)52(36-7-15-40(16-8-36)56(68)72-32-28-60)48-24-22-46(64-48)51(44-20-18-42(49)62-44)35-5-13-39(14-6-35)55(67)71-31-27-59;/h1-24H,25-32,57-60H2,(H2,61,62,63,64,65,66,67,68);/q;+2/p-2. The molecule has 5 aromatic rings. The van der Waals surface area contributed by atoms with Gasteiger partial charge in [0.2, 0.25) is 0 Å². The molecule has 16 nitrogen and oxygen atoms in total. The van der Waals surface area contributed by atoms with E-state index in [0.29, 0.717) is 112 Å². The van der Waals surface area contributed by atoms with Gasteiger partial charge in [0, 0.05) is 43.9 Å². The van der Waals surface area contributed by atoms with Crippen molar-refractivity contribution in [2.24, 2.45) is 37.9 Å². The van der Waals surface area contributed by atoms with Crippen LogP contribution in [0.15, 0.2) is 178 Å². The molecule has 73 heavy (non-hydrogen) atoms. The zero-order chi connectivity index (χ0) is 50.1. The molecule has 0 saturated carbocycles. The van der Waals surface area contributed by atoms with Gasteiger partial charge < -0.3 is 52.0 Å². The third-order valence-corrected chi connectivity index (χ3v) is 11.7. The van der Waals surface area contributed by atoms with Crippen molar-refractivity contribution in [1.29, 1.82) is 0 Å². The van der Waals surface area contributed by atoms with E-state index in [4.69, 9.17) is 61.8 Å². The normalized spacial score (nSPS) is 14.5. The average molecular weight is 1030 g/mol. The Hall–Kier alpha value is -8.18. The molecule has 4 aliphatic rings. The number of hydrogen-bond donors (Lipinski definition) is 4. The summed E-state index contributed by atoms with van der Waals surface area (Å²) in [6, 6.07) is 31.8. The Labute approximate surface area is 432 Å². The van der Waals surface area contributed by atoms with Crippen LogP contribution in [0.25, 0.3) is 28.2 Å². The van der Waals surface area contributed by atoms with Crippen molar-refractivity contribution in [3.8, 4) is 0 Å². The minimum Gasteiger partial charge on any atom is -0.657 e. The van der Waals surface area contributed by atoms with Gasteiger partial charge in [-0.2, -0.15) is 0 Å². The molecule has 8 bridgehead atoms. The quantitative estimate of drug-likeness (QED) is 0.0668. The molecule has 0 atom stereocenters. The fraction of sp³-hybridized carbons (Fsp3) is 0.143. The number of nitrogens with zero attached hydrogens (tertiary/aromatic N) is 4. The summed E-state index contributed by atoms with van der Waals surface area (Å²) in [7, 11) is 0. The van der Waals surface area contributed by atoms with Crippen LogP contribution in [0.3, 0.4) is 0 Å². The Morgan fingerprint density at radius 2 is 0.767 bits per heavy atom. The number of fused-ring (bicyclic) bond motifs is 5. The van der Waals surface area contributed by atoms with E-state index in [2.05, 4.69) is 0 Å². The number of ether oxygens (including phenoxy) is 4. The zero-order valence-corrected chi connectivity index (χ0v) is 42.6. The van der Waals surface area contributed by atoms with Gasteiger partial charge in [0.05, 0.1) is 56.9 Å². The maximum atomic E-state index is 12.9. The molecule has 4 aromatic carbocycles. The van der Waals surface area contributed by atoms with E-state index in [0.717, 1.165) is 0 Å². The summed E-state index contributed by atoms with van der Waals surface area (Å²) >= 11 is 0. The van der Waals surface area contributed by atoms with Crippen LogP contribution in [0.2, 0.25) is 0 Å². The predicted molar refractivity (Wildman–Crippen MR) is 273 cm³/mol. The Bertz CT molecular complexity index is 3370. The SMILES string of the molecule is NCCOC(=O)c1ccc(C2=C3C=CC(=N3)C(c3ccc(C(=O)OCCN)cc3)=C3C=CC(=N3)C(=c3ccc(=C([O-])OCCN)cc3)c3ccc([n-]3)C(c3ccc(C(=O)OCCN)cc3)=C3C=CC2=N3)cc1.[Zn+2]. The fourth-order valence-corrected chi connectivity index (χ4v) is 8.30. The molecule has 4 aliphatic heterocycles. The minimum atomic E-state index is -0.503. The van der Waals surface area contributed by atoms with Gasteiger partial charge in [-0.1, -0.05) is 72.8 Å². The van der Waals surface area contributed by atoms with Crippen molar-refractivity contribution in [2.45, 2.75) is 0 Å². The fourth-order valence-electron chi connectivity index (χ4n) is 8.30. The second-order valence-corrected chi connectivity index (χ2v) is 16.4. The number of carbonyl (C=O) groups is 3. The van der Waals surface area contributed by atoms with Crippen LogP contribution >= 0.6 is 0 Å². The predicted octanol–water partition coefficient (Wildman–Crippen LogP) is 3.22. The van der Waals surface area contributed by atoms with Crippen LogP contribution in [0.1, 0.15) is 59.2 Å². The summed E-state index contributed by atoms with van der Waals surface area (Å²) in [6.45, 7) is 1.10. The van der Waals surface area contributed by atoms with Crippen molar-refractivity contribution >= 4 is 63.3 Å². The average Bonchev–Trinajstić information content (AvgIpc) is 4.28. The Kier molecular flexibility index (Phi) is 16.4. The molecule has 9 rings (SSSR count). The third kappa shape index (κ3) is 11.2. The maximum absolute atomic E-state index is 12.9. The number of allylic oxidation sites excluding steroid dienone is 8. The minimum absolute atomic E-state index is 0. The van der Waals surface area contributed by atoms with Gasteiger partial charge >= 0.3 is 37.4 Å². The first kappa shape index (κ1) is 51.2. The first-order valence-corrected chi connectivity index (χ1v) is 23.1. The number of benzene rings is 4. The van der Waals surface area contributed by atoms with Crippen molar-refractivity contribution in [1.82, 2.24) is 4.98 Å². The molecule has 1 aromatic heterocycles. The molecule has 0 unspecified atom stereocenters. The smallest absolute Gasteiger partial charge is 0.657 e. The molecule has 0 radical (unpaired) electrons. The molecule has 0 amide bonds. The second kappa shape index (κ2) is 23.4. The second-order valence-electron chi connectivity index (χ2n) is 16.4. The zero-order valence-electron chi connectivity index (χ0n) is 39.6. The van der Waals surface area contributed by atoms with Crippen molar-refractivity contribution in [3.05, 3.63) is 218 Å². The number of aliphatic imine (C=N–C) groups is 3. The molecule has 0 saturated heterocycles. The maximum Gasteiger partial charge on any atom is 2.00 e. The van der Waals surface area contributed by atoms with Crippen LogP contribution in [0.5, 0.6) is 0 Å². The van der Waals surface area contributed by atoms with Crippen LogP contribution in [-0.2, 0) is 38.4 Å². The number of nitrogens with two attached hydrogens (primary N) is 4. The number of esters is 3. The van der Waals surface area contributed by atoms with Crippen molar-refractivity contribution in [3.63, 3.8) is 0 Å². The van der Waals surface area contributed by atoms with Gasteiger partial charge in [0.1, 0.15) is 19.8 Å². The van der Waals surface area contributed by atoms with Gasteiger partial charge in [-0.15, -0.1) is 11.4 Å². The van der Waals surface area contributed by atoms with Crippen LogP contribution in [0.4, 0.5) is 0 Å². The van der Waals surface area contributed by atoms with E-state index in [1.165, 1.54) is 0 Å². The first-order chi connectivity index (χ1) is 35.2. The molecule has 8 N–H and O–H groups in total. The third-order valence-electron chi connectivity index (χ3n) is 11.7. The summed E-state index contributed by atoms with van der Waals surface area (Å²) in [5.41, 5.74) is 32.8. The van der Waals surface area contributed by atoms with E-state index in [-0.39, 0.29) is 72.1 Å². The number of rotatable bonds is 15. The van der Waals surface area contributed by atoms with E-state index in [1.807, 2.05) is 97.1 Å². The van der Waals surface area contributed by atoms with Gasteiger partial charge in [-0.05, 0) is 111 Å². The van der Waals surface area contributed by atoms with Gasteiger partial charge in [-0.3, -0.25) is 0 Å². The van der Waals surface area contributed by atoms with E-state index in [9.17, 15) is 19.5 Å². The molecule has 0 fully saturated rings. The van der Waals surface area contributed by atoms with E-state index >= 15 is 0 Å². The largest absolute Gasteiger partial charge is 2.00 e. The number of hydrogen-bond acceptors (Lipinski definition) is 15. The monoisotopic (exact) mass is 1020 g/mol. The summed E-state index contributed by atoms with van der Waals surface area (Å²) in [5, 5.41) is 13.9. The molecule has 17 heteroatoms. The van der Waals surface area contributed by atoms with Gasteiger partial charge in [0.25, 0.3) is 0 Å². The van der Waals surface area contributed by atoms with Crippen molar-refractivity contribution in [2.75, 3.05) is 52.6 Å². The van der Waals surface area contributed by atoms with Crippen LogP contribution in [-0.4, -0.2) is 87.6 Å². The Morgan fingerprint density at radius 3 is 1.16 bits per heavy atom. The Balaban J connectivity index is 0.00000711. The van der Waals surface area contributed by atoms with E-state index < -0.39 is 23.9 Å². The summed E-state index contributed by atoms with van der Waals surface area (Å²) < 4.78 is 21.2. The van der Waals surface area contributed by atoms with Crippen LogP contribution < -0.4 is 43.5 Å². The molecule has 0 aliphatic carbocycles. The molecule has 0 spiro atoms. The molecular formula is C56H48N8O8Zn. The summed E-state index contributed by atoms with van der Waals surface area (Å²) in [4.78, 5) is 59.8. The molecule has 362 valence electrons. The van der Waals surface area contributed by atoms with Crippen LogP contribution in [0, 0.1) is 0 Å². The molecular weight excluding hydrogens is 978 g/mol. The summed E-state index contributed by atoms with van der Waals surface area (Å²) in [6.07, 6.45) is 11.4. The van der Waals surface area contributed by atoms with Gasteiger partial charge in [0.15, 0.2) is 0 Å². The Morgan fingerprint density at radius 1 is 0.425 bits per heavy atom. The topological polar surface area (TPSA) is 266 Å². The van der Waals surface area contributed by atoms with Crippen molar-refractivity contribution < 1.29 is 57.9 Å². The van der Waals surface area contributed by atoms with E-state index in [1.54, 1.807) is 48.5 Å². The summed E-state index contributed by atoms with van der Waals surface area (Å²) in [5.74, 6) is -2.01. The van der Waals surface area contributed by atoms with Gasteiger partial charge in [-0.25, -0.2) is 29.4 Å². The first-order valence-electron chi connectivity index (χ1n) is 23.1.